The number of nitrogens with one attached hydrogen (secondary N) is 2. The molecule has 3 atom stereocenters. The minimum absolute atomic E-state index is 0.0480. The third-order valence-electron chi connectivity index (χ3n) is 7.76. The highest BCUT2D eigenvalue weighted by molar-refractivity contribution is 8.01. The topological polar surface area (TPSA) is 116 Å². The average Bonchev–Trinajstić information content (AvgIpc) is 3.31. The van der Waals surface area contributed by atoms with Gasteiger partial charge in [-0.2, -0.15) is 10.5 Å². The number of nitrogens with zero attached hydrogens (tertiary/aromatic N) is 5. The molecule has 9 nitrogen and oxygen atoms in total. The molecule has 2 aromatic carbocycles. The molecule has 2 N–H and O–H groups in total. The van der Waals surface area contributed by atoms with E-state index in [2.05, 4.69) is 44.7 Å². The van der Waals surface area contributed by atoms with Gasteiger partial charge in [0.25, 0.3) is 0 Å². The fourth-order valence-corrected chi connectivity index (χ4v) is 7.29. The molecule has 2 fully saturated rings. The quantitative estimate of drug-likeness (QED) is 0.329. The molecule has 0 radical (unpaired) electrons. The van der Waals surface area contributed by atoms with Gasteiger partial charge in [0.2, 0.25) is 11.8 Å². The monoisotopic (exact) mass is 607 g/mol. The molecular weight excluding hydrogens is 570 g/mol. The number of hydrogen-bond acceptors (Lipinski definition) is 8. The van der Waals surface area contributed by atoms with Crippen LogP contribution in [0.4, 0.5) is 11.4 Å². The predicted octanol–water partition coefficient (Wildman–Crippen LogP) is 3.97. The second kappa shape index (κ2) is 15.7. The van der Waals surface area contributed by atoms with Crippen LogP contribution in [0.2, 0.25) is 5.02 Å². The molecule has 2 aliphatic heterocycles. The van der Waals surface area contributed by atoms with E-state index >= 15 is 0 Å². The highest BCUT2D eigenvalue weighted by Crippen LogP contribution is 2.37. The van der Waals surface area contributed by atoms with E-state index in [0.717, 1.165) is 55.5 Å². The molecule has 2 saturated heterocycles. The number of benzene rings is 2. The van der Waals surface area contributed by atoms with Crippen molar-refractivity contribution in [1.29, 1.82) is 10.5 Å². The molecule has 0 spiro atoms. The number of para-hydroxylation sites is 1. The first-order valence-electron chi connectivity index (χ1n) is 14.5. The third kappa shape index (κ3) is 8.32. The standard InChI is InChI=1S/C31H38ClN7O2S/c1-2-39-29(21-24(22-34)30(40)36-14-12-33)42-28(31(39)41)10-13-35-25-7-5-6-23(20-25)11-15-37-16-18-38(19-17-37)27-9-4-3-8-26(27)32/h3-9,20,24,28-29,35H,2,10-11,13-19,21H2,1H3,(H,36,40). The minimum Gasteiger partial charge on any atom is -0.385 e. The molecular formula is C31H38ClN7O2S. The lowest BCUT2D eigenvalue weighted by Gasteiger charge is -2.36. The van der Waals surface area contributed by atoms with Gasteiger partial charge in [0.15, 0.2) is 0 Å². The maximum Gasteiger partial charge on any atom is 0.238 e. The lowest BCUT2D eigenvalue weighted by Crippen LogP contribution is -2.47. The number of nitriles is 2. The highest BCUT2D eigenvalue weighted by atomic mass is 35.5. The zero-order chi connectivity index (χ0) is 29.9. The molecule has 2 aliphatic rings. The zero-order valence-electron chi connectivity index (χ0n) is 24.0. The summed E-state index contributed by atoms with van der Waals surface area (Å²) < 4.78 is 0. The summed E-state index contributed by atoms with van der Waals surface area (Å²) >= 11 is 7.91. The Kier molecular flexibility index (Phi) is 11.8. The van der Waals surface area contributed by atoms with Crippen molar-refractivity contribution in [3.63, 3.8) is 0 Å². The van der Waals surface area contributed by atoms with E-state index < -0.39 is 11.8 Å². The summed E-state index contributed by atoms with van der Waals surface area (Å²) in [4.78, 5) is 31.9. The van der Waals surface area contributed by atoms with Gasteiger partial charge in [-0.05, 0) is 49.6 Å². The number of anilines is 2. The van der Waals surface area contributed by atoms with Crippen LogP contribution in [0.5, 0.6) is 0 Å². The predicted molar refractivity (Wildman–Crippen MR) is 168 cm³/mol. The molecule has 2 heterocycles. The summed E-state index contributed by atoms with van der Waals surface area (Å²) in [6, 6.07) is 20.4. The van der Waals surface area contributed by atoms with E-state index in [4.69, 9.17) is 16.9 Å². The molecule has 3 unspecified atom stereocenters. The first kappa shape index (κ1) is 31.5. The van der Waals surface area contributed by atoms with Gasteiger partial charge in [0, 0.05) is 57.9 Å². The van der Waals surface area contributed by atoms with Crippen molar-refractivity contribution in [2.45, 2.75) is 36.8 Å². The fourth-order valence-electron chi connectivity index (χ4n) is 5.44. The van der Waals surface area contributed by atoms with Crippen LogP contribution in [-0.2, 0) is 16.0 Å². The summed E-state index contributed by atoms with van der Waals surface area (Å²) in [7, 11) is 0. The number of thioether (sulfide) groups is 1. The number of halogens is 1. The van der Waals surface area contributed by atoms with E-state index in [9.17, 15) is 14.9 Å². The second-order valence-corrected chi connectivity index (χ2v) is 12.2. The molecule has 4 rings (SSSR count). The van der Waals surface area contributed by atoms with Gasteiger partial charge in [0.05, 0.1) is 33.5 Å². The van der Waals surface area contributed by atoms with Crippen molar-refractivity contribution in [1.82, 2.24) is 15.1 Å². The van der Waals surface area contributed by atoms with Gasteiger partial charge < -0.3 is 20.4 Å². The van der Waals surface area contributed by atoms with Crippen LogP contribution in [0.1, 0.15) is 25.3 Å². The Bertz CT molecular complexity index is 1300. The van der Waals surface area contributed by atoms with Crippen LogP contribution in [0, 0.1) is 28.6 Å². The smallest absolute Gasteiger partial charge is 0.238 e. The van der Waals surface area contributed by atoms with E-state index in [-0.39, 0.29) is 29.5 Å². The fraction of sp³-hybridized carbons (Fsp3) is 0.484. The maximum atomic E-state index is 13.0. The summed E-state index contributed by atoms with van der Waals surface area (Å²) in [6.45, 7) is 7.88. The molecule has 222 valence electrons. The Balaban J connectivity index is 1.21. The minimum atomic E-state index is -0.899. The number of piperazine rings is 1. The first-order valence-corrected chi connectivity index (χ1v) is 15.8. The van der Waals surface area contributed by atoms with E-state index in [0.29, 0.717) is 19.5 Å². The van der Waals surface area contributed by atoms with Crippen molar-refractivity contribution < 1.29 is 9.59 Å². The largest absolute Gasteiger partial charge is 0.385 e. The van der Waals surface area contributed by atoms with E-state index in [1.165, 1.54) is 17.3 Å². The normalized spacial score (nSPS) is 19.7. The summed E-state index contributed by atoms with van der Waals surface area (Å²) in [5.41, 5.74) is 3.42. The zero-order valence-corrected chi connectivity index (χ0v) is 25.5. The Hall–Kier alpha value is -3.44. The van der Waals surface area contributed by atoms with E-state index in [1.807, 2.05) is 43.3 Å². The SMILES string of the molecule is CCN1C(=O)C(CCNc2cccc(CCN3CCN(c4ccccc4Cl)CC3)c2)SC1CC(C#N)C(=O)NCC#N. The first-order chi connectivity index (χ1) is 20.4. The van der Waals surface area contributed by atoms with Crippen LogP contribution < -0.4 is 15.5 Å². The summed E-state index contributed by atoms with van der Waals surface area (Å²) in [5.74, 6) is -1.32. The number of rotatable bonds is 13. The molecule has 0 bridgehead atoms. The summed E-state index contributed by atoms with van der Waals surface area (Å²) in [5, 5.41) is 24.5. The van der Waals surface area contributed by atoms with Gasteiger partial charge in [-0.25, -0.2) is 0 Å². The van der Waals surface area contributed by atoms with Crippen molar-refractivity contribution in [2.75, 3.05) is 62.6 Å². The molecule has 0 aliphatic carbocycles. The van der Waals surface area contributed by atoms with Crippen molar-refractivity contribution in [3.05, 3.63) is 59.1 Å². The number of hydrogen-bond donors (Lipinski definition) is 2. The lowest BCUT2D eigenvalue weighted by molar-refractivity contribution is -0.131. The molecule has 2 aromatic rings. The van der Waals surface area contributed by atoms with Crippen molar-refractivity contribution in [3.8, 4) is 12.1 Å². The summed E-state index contributed by atoms with van der Waals surface area (Å²) in [6.07, 6.45) is 1.86. The number of carbonyl (C=O) groups is 2. The van der Waals surface area contributed by atoms with Gasteiger partial charge in [-0.15, -0.1) is 11.8 Å². The van der Waals surface area contributed by atoms with Crippen LogP contribution in [0.3, 0.4) is 0 Å². The van der Waals surface area contributed by atoms with Gasteiger partial charge in [-0.1, -0.05) is 35.9 Å². The van der Waals surface area contributed by atoms with E-state index in [1.54, 1.807) is 4.90 Å². The average molecular weight is 608 g/mol. The van der Waals surface area contributed by atoms with Crippen LogP contribution >= 0.6 is 23.4 Å². The van der Waals surface area contributed by atoms with Crippen molar-refractivity contribution in [2.24, 2.45) is 5.92 Å². The molecule has 0 saturated carbocycles. The number of amides is 2. The van der Waals surface area contributed by atoms with Gasteiger partial charge >= 0.3 is 0 Å². The molecule has 42 heavy (non-hydrogen) atoms. The Morgan fingerprint density at radius 1 is 1.14 bits per heavy atom. The molecule has 2 amide bonds. The van der Waals surface area contributed by atoms with Crippen LogP contribution in [0.25, 0.3) is 0 Å². The Morgan fingerprint density at radius 2 is 1.93 bits per heavy atom. The second-order valence-electron chi connectivity index (χ2n) is 10.4. The van der Waals surface area contributed by atoms with Crippen LogP contribution in [-0.4, -0.2) is 84.6 Å². The highest BCUT2D eigenvalue weighted by Gasteiger charge is 2.40. The van der Waals surface area contributed by atoms with Crippen molar-refractivity contribution >= 4 is 46.6 Å². The lowest BCUT2D eigenvalue weighted by atomic mass is 10.1. The number of carbonyl (C=O) groups excluding carboxylic acids is 2. The third-order valence-corrected chi connectivity index (χ3v) is 9.61. The molecule has 0 aromatic heterocycles. The van der Waals surface area contributed by atoms with Gasteiger partial charge in [-0.3, -0.25) is 14.5 Å². The van der Waals surface area contributed by atoms with Gasteiger partial charge in [0.1, 0.15) is 12.5 Å². The Morgan fingerprint density at radius 3 is 2.64 bits per heavy atom. The van der Waals surface area contributed by atoms with Crippen LogP contribution in [0.15, 0.2) is 48.5 Å². The molecule has 11 heteroatoms. The maximum absolute atomic E-state index is 13.0. The Labute approximate surface area is 257 Å².